The molecular formula is C20H15FN4O2S. The molecule has 0 atom stereocenters. The van der Waals surface area contributed by atoms with Gasteiger partial charge in [0.25, 0.3) is 10.8 Å². The highest BCUT2D eigenvalue weighted by Gasteiger charge is 2.10. The third-order valence-electron chi connectivity index (χ3n) is 3.95. The second kappa shape index (κ2) is 8.18. The Labute approximate surface area is 164 Å². The van der Waals surface area contributed by atoms with Gasteiger partial charge in [0, 0.05) is 17.4 Å². The molecule has 4 aromatic rings. The minimum absolute atomic E-state index is 0.0869. The summed E-state index contributed by atoms with van der Waals surface area (Å²) in [5.41, 5.74) is 2.29. The van der Waals surface area contributed by atoms with Crippen molar-refractivity contribution in [1.29, 1.82) is 0 Å². The van der Waals surface area contributed by atoms with Gasteiger partial charge in [0.05, 0.1) is 5.69 Å². The summed E-state index contributed by atoms with van der Waals surface area (Å²) in [4.78, 5) is 12.1. The first kappa shape index (κ1) is 18.1. The minimum atomic E-state index is -0.274. The van der Waals surface area contributed by atoms with Crippen molar-refractivity contribution in [2.45, 2.75) is 17.5 Å². The van der Waals surface area contributed by atoms with E-state index in [2.05, 4.69) is 15.3 Å². The largest absolute Gasteiger partial charge is 0.414 e. The van der Waals surface area contributed by atoms with Gasteiger partial charge in [-0.15, -0.1) is 10.2 Å². The second-order valence-electron chi connectivity index (χ2n) is 5.96. The van der Waals surface area contributed by atoms with Crippen LogP contribution in [0.4, 0.5) is 4.39 Å². The van der Waals surface area contributed by atoms with Crippen LogP contribution < -0.4 is 5.56 Å². The lowest BCUT2D eigenvalue weighted by Gasteiger charge is -2.05. The topological polar surface area (TPSA) is 73.8 Å². The Morgan fingerprint density at radius 2 is 1.75 bits per heavy atom. The molecule has 4 rings (SSSR count). The number of thioether (sulfide) groups is 1. The quantitative estimate of drug-likeness (QED) is 0.464. The van der Waals surface area contributed by atoms with Gasteiger partial charge in [-0.05, 0) is 23.8 Å². The standard InChI is InChI=1S/C20H15FN4O2S/c21-16-8-6-14(7-9-16)13-28-20-23-22-18(27-20)12-25-19(26)11-10-17(24-25)15-4-2-1-3-5-15/h1-11H,12-13H2. The van der Waals surface area contributed by atoms with Gasteiger partial charge in [0.2, 0.25) is 5.89 Å². The lowest BCUT2D eigenvalue weighted by Crippen LogP contribution is -2.23. The van der Waals surface area contributed by atoms with E-state index < -0.39 is 0 Å². The first-order chi connectivity index (χ1) is 13.7. The Hall–Kier alpha value is -3.26. The molecule has 0 saturated carbocycles. The molecule has 0 amide bonds. The highest BCUT2D eigenvalue weighted by atomic mass is 32.2. The molecule has 0 spiro atoms. The fourth-order valence-corrected chi connectivity index (χ4v) is 3.28. The van der Waals surface area contributed by atoms with E-state index in [1.807, 2.05) is 30.3 Å². The number of benzene rings is 2. The zero-order valence-corrected chi connectivity index (χ0v) is 15.5. The second-order valence-corrected chi connectivity index (χ2v) is 6.88. The Morgan fingerprint density at radius 1 is 0.964 bits per heavy atom. The molecule has 0 radical (unpaired) electrons. The minimum Gasteiger partial charge on any atom is -0.414 e. The van der Waals surface area contributed by atoms with E-state index >= 15 is 0 Å². The van der Waals surface area contributed by atoms with Gasteiger partial charge >= 0.3 is 0 Å². The average Bonchev–Trinajstić information content (AvgIpc) is 3.17. The van der Waals surface area contributed by atoms with Crippen molar-refractivity contribution in [3.63, 3.8) is 0 Å². The van der Waals surface area contributed by atoms with Crippen molar-refractivity contribution in [2.24, 2.45) is 0 Å². The van der Waals surface area contributed by atoms with E-state index in [1.54, 1.807) is 18.2 Å². The summed E-state index contributed by atoms with van der Waals surface area (Å²) in [6.45, 7) is 0.0869. The van der Waals surface area contributed by atoms with Crippen molar-refractivity contribution in [2.75, 3.05) is 0 Å². The molecule has 0 unspecified atom stereocenters. The maximum atomic E-state index is 12.9. The van der Waals surface area contributed by atoms with Crippen LogP contribution in [0.1, 0.15) is 11.5 Å². The normalized spacial score (nSPS) is 10.9. The van der Waals surface area contributed by atoms with Crippen LogP contribution in [0.3, 0.4) is 0 Å². The van der Waals surface area contributed by atoms with Crippen LogP contribution in [0, 0.1) is 5.82 Å². The molecule has 0 bridgehead atoms. The molecular weight excluding hydrogens is 379 g/mol. The first-order valence-electron chi connectivity index (χ1n) is 8.50. The molecule has 140 valence electrons. The van der Waals surface area contributed by atoms with E-state index in [-0.39, 0.29) is 17.9 Å². The van der Waals surface area contributed by atoms with E-state index in [0.29, 0.717) is 22.6 Å². The highest BCUT2D eigenvalue weighted by Crippen LogP contribution is 2.22. The third kappa shape index (κ3) is 4.34. The summed E-state index contributed by atoms with van der Waals surface area (Å²) in [7, 11) is 0. The fourth-order valence-electron chi connectivity index (χ4n) is 2.54. The van der Waals surface area contributed by atoms with Crippen LogP contribution >= 0.6 is 11.8 Å². The summed E-state index contributed by atoms with van der Waals surface area (Å²) < 4.78 is 19.8. The fraction of sp³-hybridized carbons (Fsp3) is 0.100. The molecule has 2 aromatic carbocycles. The van der Waals surface area contributed by atoms with Crippen molar-refractivity contribution in [1.82, 2.24) is 20.0 Å². The number of halogens is 1. The Balaban J connectivity index is 1.46. The Bertz CT molecular complexity index is 1130. The average molecular weight is 394 g/mol. The summed E-state index contributed by atoms with van der Waals surface area (Å²) >= 11 is 1.34. The smallest absolute Gasteiger partial charge is 0.276 e. The van der Waals surface area contributed by atoms with Crippen LogP contribution in [-0.4, -0.2) is 20.0 Å². The van der Waals surface area contributed by atoms with Crippen LogP contribution in [0.15, 0.2) is 81.2 Å². The highest BCUT2D eigenvalue weighted by molar-refractivity contribution is 7.98. The predicted molar refractivity (Wildman–Crippen MR) is 103 cm³/mol. The number of rotatable bonds is 6. The summed E-state index contributed by atoms with van der Waals surface area (Å²) in [5.74, 6) is 0.592. The van der Waals surface area contributed by atoms with Crippen molar-refractivity contribution >= 4 is 11.8 Å². The molecule has 0 saturated heterocycles. The number of nitrogens with zero attached hydrogens (tertiary/aromatic N) is 4. The van der Waals surface area contributed by atoms with Gasteiger partial charge in [-0.25, -0.2) is 9.07 Å². The van der Waals surface area contributed by atoms with Gasteiger partial charge in [-0.3, -0.25) is 4.79 Å². The number of hydrogen-bond donors (Lipinski definition) is 0. The zero-order chi connectivity index (χ0) is 19.3. The van der Waals surface area contributed by atoms with E-state index in [9.17, 15) is 9.18 Å². The molecule has 8 heteroatoms. The van der Waals surface area contributed by atoms with Crippen LogP contribution in [0.5, 0.6) is 0 Å². The third-order valence-corrected chi connectivity index (χ3v) is 4.83. The van der Waals surface area contributed by atoms with E-state index in [4.69, 9.17) is 4.42 Å². The molecule has 2 heterocycles. The Morgan fingerprint density at radius 3 is 2.54 bits per heavy atom. The molecule has 28 heavy (non-hydrogen) atoms. The van der Waals surface area contributed by atoms with Crippen molar-refractivity contribution in [3.8, 4) is 11.3 Å². The maximum absolute atomic E-state index is 12.9. The number of aromatic nitrogens is 4. The monoisotopic (exact) mass is 394 g/mol. The van der Waals surface area contributed by atoms with Gasteiger partial charge in [0.1, 0.15) is 12.4 Å². The predicted octanol–water partition coefficient (Wildman–Crippen LogP) is 3.77. The molecule has 0 fully saturated rings. The number of hydrogen-bond acceptors (Lipinski definition) is 6. The lowest BCUT2D eigenvalue weighted by molar-refractivity contribution is 0.394. The first-order valence-corrected chi connectivity index (χ1v) is 9.49. The van der Waals surface area contributed by atoms with Gasteiger partial charge in [-0.2, -0.15) is 5.10 Å². The Kier molecular flexibility index (Phi) is 5.29. The lowest BCUT2D eigenvalue weighted by atomic mass is 10.1. The van der Waals surface area contributed by atoms with Crippen molar-refractivity contribution < 1.29 is 8.81 Å². The molecule has 0 aliphatic rings. The van der Waals surface area contributed by atoms with Crippen LogP contribution in [-0.2, 0) is 12.3 Å². The zero-order valence-electron chi connectivity index (χ0n) is 14.7. The maximum Gasteiger partial charge on any atom is 0.276 e. The summed E-state index contributed by atoms with van der Waals surface area (Å²) in [5, 5.41) is 12.7. The van der Waals surface area contributed by atoms with E-state index in [0.717, 1.165) is 11.1 Å². The molecule has 0 aliphatic carbocycles. The molecule has 0 N–H and O–H groups in total. The molecule has 2 aromatic heterocycles. The van der Waals surface area contributed by atoms with E-state index in [1.165, 1.54) is 34.6 Å². The summed E-state index contributed by atoms with van der Waals surface area (Å²) in [6, 6.07) is 19.0. The molecule has 6 nitrogen and oxygen atoms in total. The van der Waals surface area contributed by atoms with Crippen LogP contribution in [0.2, 0.25) is 0 Å². The van der Waals surface area contributed by atoms with Crippen molar-refractivity contribution in [3.05, 3.63) is 94.4 Å². The SMILES string of the molecule is O=c1ccc(-c2ccccc2)nn1Cc1nnc(SCc2ccc(F)cc2)o1. The van der Waals surface area contributed by atoms with Gasteiger partial charge < -0.3 is 4.42 Å². The van der Waals surface area contributed by atoms with Crippen LogP contribution in [0.25, 0.3) is 11.3 Å². The van der Waals surface area contributed by atoms with Gasteiger partial charge in [0.15, 0.2) is 0 Å². The summed E-state index contributed by atoms with van der Waals surface area (Å²) in [6.07, 6.45) is 0. The molecule has 0 aliphatic heterocycles. The van der Waals surface area contributed by atoms with Gasteiger partial charge in [-0.1, -0.05) is 54.2 Å².